The molecule has 0 fully saturated rings. The summed E-state index contributed by atoms with van der Waals surface area (Å²) in [5.74, 6) is 0.409. The van der Waals surface area contributed by atoms with Crippen LogP contribution >= 0.6 is 11.9 Å². The summed E-state index contributed by atoms with van der Waals surface area (Å²) in [6.45, 7) is 2.91. The maximum Gasteiger partial charge on any atom is 0.416 e. The Labute approximate surface area is 103 Å². The first kappa shape index (κ1) is 12.8. The summed E-state index contributed by atoms with van der Waals surface area (Å²) in [5, 5.41) is 0. The van der Waals surface area contributed by atoms with Gasteiger partial charge >= 0.3 is 6.18 Å². The van der Waals surface area contributed by atoms with Crippen molar-refractivity contribution in [2.45, 2.75) is 30.8 Å². The van der Waals surface area contributed by atoms with Gasteiger partial charge in [-0.2, -0.15) is 13.2 Å². The van der Waals surface area contributed by atoms with Gasteiger partial charge in [0.25, 0.3) is 0 Å². The molecule has 1 atom stereocenters. The summed E-state index contributed by atoms with van der Waals surface area (Å²) in [4.78, 5) is 0.911. The lowest BCUT2D eigenvalue weighted by Gasteiger charge is -2.13. The molecule has 0 spiro atoms. The first-order valence-corrected chi connectivity index (χ1v) is 6.42. The van der Waals surface area contributed by atoms with Crippen molar-refractivity contribution >= 4 is 11.9 Å². The first-order chi connectivity index (χ1) is 8.00. The number of hydrogen-bond acceptors (Lipinski definition) is 2. The van der Waals surface area contributed by atoms with Crippen LogP contribution in [0.2, 0.25) is 0 Å². The van der Waals surface area contributed by atoms with Gasteiger partial charge in [0.15, 0.2) is 0 Å². The highest BCUT2D eigenvalue weighted by Crippen LogP contribution is 2.34. The van der Waals surface area contributed by atoms with E-state index in [9.17, 15) is 13.2 Å². The zero-order valence-corrected chi connectivity index (χ0v) is 10.3. The molecule has 5 heteroatoms. The zero-order chi connectivity index (χ0) is 12.5. The Kier molecular flexibility index (Phi) is 3.68. The van der Waals surface area contributed by atoms with Crippen LogP contribution in [0, 0.1) is 5.92 Å². The summed E-state index contributed by atoms with van der Waals surface area (Å²) in [7, 11) is 0. The van der Waals surface area contributed by atoms with Gasteiger partial charge < -0.3 is 0 Å². The molecular weight excluding hydrogens is 247 g/mol. The predicted octanol–water partition coefficient (Wildman–Crippen LogP) is 3.88. The predicted molar refractivity (Wildman–Crippen MR) is 62.8 cm³/mol. The second kappa shape index (κ2) is 4.90. The summed E-state index contributed by atoms with van der Waals surface area (Å²) < 4.78 is 41.0. The van der Waals surface area contributed by atoms with Gasteiger partial charge in [-0.05, 0) is 48.0 Å². The van der Waals surface area contributed by atoms with Gasteiger partial charge in [0.1, 0.15) is 0 Å². The molecule has 0 aliphatic carbocycles. The number of rotatable bonds is 1. The van der Waals surface area contributed by atoms with Crippen LogP contribution in [0.5, 0.6) is 0 Å². The highest BCUT2D eigenvalue weighted by atomic mass is 32.2. The highest BCUT2D eigenvalue weighted by Gasteiger charge is 2.31. The Bertz CT molecular complexity index is 403. The molecule has 1 aliphatic rings. The van der Waals surface area contributed by atoms with E-state index in [-0.39, 0.29) is 0 Å². The van der Waals surface area contributed by atoms with E-state index in [4.69, 9.17) is 0 Å². The third kappa shape index (κ3) is 2.96. The molecule has 1 aromatic rings. The number of alkyl halides is 3. The Balaban J connectivity index is 2.33. The van der Waals surface area contributed by atoms with Crippen LogP contribution in [-0.2, 0) is 12.6 Å². The van der Waals surface area contributed by atoms with Crippen molar-refractivity contribution in [2.75, 3.05) is 6.54 Å². The van der Waals surface area contributed by atoms with E-state index in [2.05, 4.69) is 11.6 Å². The third-order valence-corrected chi connectivity index (χ3v) is 3.96. The number of fused-ring (bicyclic) bond motifs is 1. The van der Waals surface area contributed by atoms with Gasteiger partial charge in [0.05, 0.1) is 5.56 Å². The SMILES string of the molecule is CCC1CNSc2ccc(C(F)(F)F)cc2C1. The fourth-order valence-electron chi connectivity index (χ4n) is 1.92. The summed E-state index contributed by atoms with van der Waals surface area (Å²) in [5.41, 5.74) is 0.260. The van der Waals surface area contributed by atoms with Crippen molar-refractivity contribution in [1.82, 2.24) is 4.72 Å². The van der Waals surface area contributed by atoms with Crippen LogP contribution in [-0.4, -0.2) is 6.54 Å². The monoisotopic (exact) mass is 261 g/mol. The fraction of sp³-hybridized carbons (Fsp3) is 0.500. The quantitative estimate of drug-likeness (QED) is 0.770. The molecule has 0 bridgehead atoms. The number of nitrogens with one attached hydrogen (secondary N) is 1. The topological polar surface area (TPSA) is 12.0 Å². The molecule has 2 rings (SSSR count). The highest BCUT2D eigenvalue weighted by molar-refractivity contribution is 7.97. The molecule has 0 saturated carbocycles. The van der Waals surface area contributed by atoms with Crippen molar-refractivity contribution in [1.29, 1.82) is 0 Å². The molecular formula is C12H14F3NS. The standard InChI is InChI=1S/C12H14F3NS/c1-2-8-5-9-6-10(12(13,14)15)3-4-11(9)17-16-7-8/h3-4,6,8,16H,2,5,7H2,1H3. The van der Waals surface area contributed by atoms with Gasteiger partial charge in [-0.3, -0.25) is 4.72 Å². The van der Waals surface area contributed by atoms with E-state index < -0.39 is 11.7 Å². The van der Waals surface area contributed by atoms with E-state index in [1.807, 2.05) is 0 Å². The minimum Gasteiger partial charge on any atom is -0.260 e. The van der Waals surface area contributed by atoms with Gasteiger partial charge in [-0.25, -0.2) is 0 Å². The summed E-state index contributed by atoms with van der Waals surface area (Å²) >= 11 is 1.43. The number of hydrogen-bond donors (Lipinski definition) is 1. The van der Waals surface area contributed by atoms with E-state index >= 15 is 0 Å². The molecule has 1 N–H and O–H groups in total. The van der Waals surface area contributed by atoms with Gasteiger partial charge in [-0.1, -0.05) is 13.3 Å². The fourth-order valence-corrected chi connectivity index (χ4v) is 2.81. The summed E-state index contributed by atoms with van der Waals surface area (Å²) in [6, 6.07) is 4.01. The second-order valence-corrected chi connectivity index (χ2v) is 5.18. The smallest absolute Gasteiger partial charge is 0.260 e. The third-order valence-electron chi connectivity index (χ3n) is 3.03. The van der Waals surface area contributed by atoms with Crippen LogP contribution in [0.1, 0.15) is 24.5 Å². The maximum absolute atomic E-state index is 12.6. The molecule has 1 aliphatic heterocycles. The van der Waals surface area contributed by atoms with Crippen molar-refractivity contribution in [3.05, 3.63) is 29.3 Å². The van der Waals surface area contributed by atoms with Crippen LogP contribution in [0.3, 0.4) is 0 Å². The Morgan fingerprint density at radius 2 is 2.18 bits per heavy atom. The molecule has 94 valence electrons. The number of halogens is 3. The molecule has 0 aromatic heterocycles. The average Bonchev–Trinajstić information content (AvgIpc) is 2.48. The minimum absolute atomic E-state index is 0.409. The molecule has 0 amide bonds. The summed E-state index contributed by atoms with van der Waals surface area (Å²) in [6.07, 6.45) is -2.56. The first-order valence-electron chi connectivity index (χ1n) is 5.60. The molecule has 1 unspecified atom stereocenters. The van der Waals surface area contributed by atoms with Crippen molar-refractivity contribution < 1.29 is 13.2 Å². The molecule has 1 aromatic carbocycles. The Morgan fingerprint density at radius 3 is 2.82 bits per heavy atom. The molecule has 1 nitrogen and oxygen atoms in total. The van der Waals surface area contributed by atoms with E-state index in [1.165, 1.54) is 18.0 Å². The lowest BCUT2D eigenvalue weighted by Crippen LogP contribution is -2.15. The van der Waals surface area contributed by atoms with Crippen LogP contribution in [0.25, 0.3) is 0 Å². The van der Waals surface area contributed by atoms with Crippen LogP contribution in [0.4, 0.5) is 13.2 Å². The molecule has 0 saturated heterocycles. The molecule has 0 radical (unpaired) electrons. The zero-order valence-electron chi connectivity index (χ0n) is 9.47. The van der Waals surface area contributed by atoms with E-state index in [0.717, 1.165) is 35.9 Å². The van der Waals surface area contributed by atoms with Crippen LogP contribution < -0.4 is 4.72 Å². The lowest BCUT2D eigenvalue weighted by molar-refractivity contribution is -0.137. The maximum atomic E-state index is 12.6. The normalized spacial score (nSPS) is 20.8. The van der Waals surface area contributed by atoms with E-state index in [0.29, 0.717) is 5.92 Å². The van der Waals surface area contributed by atoms with Gasteiger partial charge in [0, 0.05) is 11.4 Å². The Hall–Kier alpha value is -0.680. The largest absolute Gasteiger partial charge is 0.416 e. The van der Waals surface area contributed by atoms with E-state index in [1.54, 1.807) is 6.07 Å². The van der Waals surface area contributed by atoms with Gasteiger partial charge in [-0.15, -0.1) is 0 Å². The minimum atomic E-state index is -4.25. The van der Waals surface area contributed by atoms with Crippen LogP contribution in [0.15, 0.2) is 23.1 Å². The molecule has 17 heavy (non-hydrogen) atoms. The van der Waals surface area contributed by atoms with Gasteiger partial charge in [0.2, 0.25) is 0 Å². The van der Waals surface area contributed by atoms with Crippen molar-refractivity contribution in [3.8, 4) is 0 Å². The number of benzene rings is 1. The molecule has 1 heterocycles. The lowest BCUT2D eigenvalue weighted by atomic mass is 9.96. The Morgan fingerprint density at radius 1 is 1.41 bits per heavy atom. The van der Waals surface area contributed by atoms with Crippen molar-refractivity contribution in [2.24, 2.45) is 5.92 Å². The second-order valence-electron chi connectivity index (χ2n) is 4.25. The van der Waals surface area contributed by atoms with Crippen molar-refractivity contribution in [3.63, 3.8) is 0 Å². The average molecular weight is 261 g/mol.